The Morgan fingerprint density at radius 2 is 1.75 bits per heavy atom. The Hall–Kier alpha value is -0.490. The van der Waals surface area contributed by atoms with Gasteiger partial charge < -0.3 is 5.73 Å². The van der Waals surface area contributed by atoms with Crippen molar-refractivity contribution in [2.45, 2.75) is 38.6 Å². The number of hydrogen-bond donors (Lipinski definition) is 1. The summed E-state index contributed by atoms with van der Waals surface area (Å²) in [5.41, 5.74) is 5.87. The van der Waals surface area contributed by atoms with Gasteiger partial charge in [0, 0.05) is 17.6 Å². The van der Waals surface area contributed by atoms with Crippen molar-refractivity contribution in [1.82, 2.24) is 4.31 Å². The van der Waals surface area contributed by atoms with Gasteiger partial charge in [0.05, 0.1) is 10.7 Å². The molecule has 0 aliphatic carbocycles. The van der Waals surface area contributed by atoms with E-state index in [9.17, 15) is 8.42 Å². The van der Waals surface area contributed by atoms with Crippen LogP contribution >= 0.6 is 23.2 Å². The summed E-state index contributed by atoms with van der Waals surface area (Å²) in [5.74, 6) is 0.194. The summed E-state index contributed by atoms with van der Waals surface area (Å²) in [6, 6.07) is 2.60. The Kier molecular flexibility index (Phi) is 5.72. The van der Waals surface area contributed by atoms with Crippen molar-refractivity contribution in [2.75, 3.05) is 12.3 Å². The predicted octanol–water partition coefficient (Wildman–Crippen LogP) is 3.63. The molecule has 0 aliphatic heterocycles. The lowest BCUT2D eigenvalue weighted by Gasteiger charge is -2.28. The highest BCUT2D eigenvalue weighted by Crippen LogP contribution is 2.34. The van der Waals surface area contributed by atoms with Crippen LogP contribution in [0.5, 0.6) is 0 Å². The zero-order chi connectivity index (χ0) is 15.7. The van der Waals surface area contributed by atoms with E-state index in [0.29, 0.717) is 11.6 Å². The van der Waals surface area contributed by atoms with E-state index >= 15 is 0 Å². The van der Waals surface area contributed by atoms with Gasteiger partial charge in [0.15, 0.2) is 0 Å². The lowest BCUT2D eigenvalue weighted by Crippen LogP contribution is -2.39. The molecule has 114 valence electrons. The molecule has 2 N–H and O–H groups in total. The predicted molar refractivity (Wildman–Crippen MR) is 84.7 cm³/mol. The minimum Gasteiger partial charge on any atom is -0.398 e. The molecule has 1 rings (SSSR count). The van der Waals surface area contributed by atoms with Crippen LogP contribution in [0.4, 0.5) is 5.69 Å². The summed E-state index contributed by atoms with van der Waals surface area (Å²) in [7, 11) is -3.76. The van der Waals surface area contributed by atoms with Gasteiger partial charge in [0.25, 0.3) is 0 Å². The van der Waals surface area contributed by atoms with Crippen LogP contribution in [-0.4, -0.2) is 25.3 Å². The molecule has 0 saturated carbocycles. The van der Waals surface area contributed by atoms with Crippen LogP contribution in [0.15, 0.2) is 17.0 Å². The molecule has 1 aromatic carbocycles. The minimum absolute atomic E-state index is 0.0457. The van der Waals surface area contributed by atoms with Crippen molar-refractivity contribution in [2.24, 2.45) is 5.92 Å². The van der Waals surface area contributed by atoms with Gasteiger partial charge in [-0.1, -0.05) is 37.0 Å². The van der Waals surface area contributed by atoms with E-state index in [2.05, 4.69) is 0 Å². The lowest BCUT2D eigenvalue weighted by molar-refractivity contribution is 0.319. The maximum atomic E-state index is 12.8. The smallest absolute Gasteiger partial charge is 0.246 e. The molecule has 0 saturated heterocycles. The summed E-state index contributed by atoms with van der Waals surface area (Å²) < 4.78 is 27.0. The number of nitrogens with zero attached hydrogens (tertiary/aromatic N) is 1. The number of nitrogens with two attached hydrogens (primary N) is 1. The molecule has 4 nitrogen and oxygen atoms in total. The topological polar surface area (TPSA) is 63.4 Å². The Balaban J connectivity index is 3.41. The fraction of sp³-hybridized carbons (Fsp3) is 0.538. The zero-order valence-electron chi connectivity index (χ0n) is 12.0. The van der Waals surface area contributed by atoms with E-state index in [1.807, 2.05) is 27.7 Å². The van der Waals surface area contributed by atoms with Crippen molar-refractivity contribution >= 4 is 38.9 Å². The highest BCUT2D eigenvalue weighted by atomic mass is 35.5. The number of halogens is 2. The van der Waals surface area contributed by atoms with Crippen molar-refractivity contribution in [3.63, 3.8) is 0 Å². The highest BCUT2D eigenvalue weighted by molar-refractivity contribution is 7.89. The zero-order valence-corrected chi connectivity index (χ0v) is 14.4. The average molecular weight is 339 g/mol. The normalized spacial score (nSPS) is 12.7. The molecule has 1 aromatic rings. The molecular formula is C13H20Cl2N2O2S. The van der Waals surface area contributed by atoms with Crippen LogP contribution in [0.3, 0.4) is 0 Å². The van der Waals surface area contributed by atoms with E-state index in [0.717, 1.165) is 0 Å². The highest BCUT2D eigenvalue weighted by Gasteiger charge is 2.31. The summed E-state index contributed by atoms with van der Waals surface area (Å²) in [4.78, 5) is -0.0714. The van der Waals surface area contributed by atoms with Gasteiger partial charge in [-0.15, -0.1) is 0 Å². The van der Waals surface area contributed by atoms with Gasteiger partial charge in [0.1, 0.15) is 4.90 Å². The molecule has 0 atom stereocenters. The summed E-state index contributed by atoms with van der Waals surface area (Å²) in [5, 5.41) is 0.357. The van der Waals surface area contributed by atoms with Gasteiger partial charge in [-0.25, -0.2) is 8.42 Å². The molecule has 0 amide bonds. The maximum Gasteiger partial charge on any atom is 0.246 e. The molecule has 0 unspecified atom stereocenters. The average Bonchev–Trinajstić information content (AvgIpc) is 2.22. The number of hydrogen-bond acceptors (Lipinski definition) is 3. The van der Waals surface area contributed by atoms with Crippen LogP contribution in [0.25, 0.3) is 0 Å². The number of sulfonamides is 1. The molecule has 0 radical (unpaired) electrons. The SMILES string of the molecule is CC(C)CN(C(C)C)S(=O)(=O)c1c(N)cc(Cl)cc1Cl. The van der Waals surface area contributed by atoms with Crippen LogP contribution in [0, 0.1) is 5.92 Å². The molecule has 0 aromatic heterocycles. The Labute approximate surface area is 130 Å². The van der Waals surface area contributed by atoms with E-state index in [4.69, 9.17) is 28.9 Å². The first kappa shape index (κ1) is 17.6. The standard InChI is InChI=1S/C13H20Cl2N2O2S/c1-8(2)7-17(9(3)4)20(18,19)13-11(15)5-10(14)6-12(13)16/h5-6,8-9H,7,16H2,1-4H3. The minimum atomic E-state index is -3.76. The molecule has 0 heterocycles. The van der Waals surface area contributed by atoms with Gasteiger partial charge in [-0.3, -0.25) is 0 Å². The van der Waals surface area contributed by atoms with Crippen molar-refractivity contribution < 1.29 is 8.42 Å². The van der Waals surface area contributed by atoms with E-state index in [-0.39, 0.29) is 27.6 Å². The monoisotopic (exact) mass is 338 g/mol. The third kappa shape index (κ3) is 3.79. The molecule has 0 bridgehead atoms. The van der Waals surface area contributed by atoms with Gasteiger partial charge in [-0.2, -0.15) is 4.31 Å². The number of benzene rings is 1. The fourth-order valence-electron chi connectivity index (χ4n) is 1.92. The van der Waals surface area contributed by atoms with E-state index in [1.165, 1.54) is 16.4 Å². The Bertz CT molecular complexity index is 563. The summed E-state index contributed by atoms with van der Waals surface area (Å²) in [6.45, 7) is 7.95. The third-order valence-electron chi connectivity index (χ3n) is 2.72. The number of nitrogen functional groups attached to an aromatic ring is 1. The van der Waals surface area contributed by atoms with E-state index < -0.39 is 10.0 Å². The van der Waals surface area contributed by atoms with Crippen molar-refractivity contribution in [3.8, 4) is 0 Å². The van der Waals surface area contributed by atoms with E-state index in [1.54, 1.807) is 0 Å². The lowest BCUT2D eigenvalue weighted by atomic mass is 10.2. The molecular weight excluding hydrogens is 319 g/mol. The van der Waals surface area contributed by atoms with Crippen LogP contribution in [0.1, 0.15) is 27.7 Å². The first-order valence-electron chi connectivity index (χ1n) is 6.33. The fourth-order valence-corrected chi connectivity index (χ4v) is 4.66. The van der Waals surface area contributed by atoms with Crippen molar-refractivity contribution in [3.05, 3.63) is 22.2 Å². The van der Waals surface area contributed by atoms with Gasteiger partial charge in [-0.05, 0) is 31.9 Å². The summed E-state index contributed by atoms with van der Waals surface area (Å²) >= 11 is 11.9. The third-order valence-corrected chi connectivity index (χ3v) is 5.51. The van der Waals surface area contributed by atoms with Crippen LogP contribution in [0.2, 0.25) is 10.0 Å². The molecule has 7 heteroatoms. The molecule has 0 fully saturated rings. The number of anilines is 1. The first-order valence-corrected chi connectivity index (χ1v) is 8.53. The first-order chi connectivity index (χ1) is 9.07. The molecule has 0 aliphatic rings. The second kappa shape index (κ2) is 6.52. The van der Waals surface area contributed by atoms with Gasteiger partial charge >= 0.3 is 0 Å². The van der Waals surface area contributed by atoms with Gasteiger partial charge in [0.2, 0.25) is 10.0 Å². The number of rotatable bonds is 5. The maximum absolute atomic E-state index is 12.8. The molecule has 20 heavy (non-hydrogen) atoms. The Morgan fingerprint density at radius 3 is 2.15 bits per heavy atom. The quantitative estimate of drug-likeness (QED) is 0.833. The second-order valence-corrected chi connectivity index (χ2v) is 8.04. The second-order valence-electron chi connectivity index (χ2n) is 5.37. The Morgan fingerprint density at radius 1 is 1.20 bits per heavy atom. The van der Waals surface area contributed by atoms with Crippen LogP contribution < -0.4 is 5.73 Å². The van der Waals surface area contributed by atoms with Crippen molar-refractivity contribution in [1.29, 1.82) is 0 Å². The molecule has 0 spiro atoms. The van der Waals surface area contributed by atoms with Crippen LogP contribution in [-0.2, 0) is 10.0 Å². The largest absolute Gasteiger partial charge is 0.398 e. The summed E-state index contributed by atoms with van der Waals surface area (Å²) in [6.07, 6.45) is 0.